The van der Waals surface area contributed by atoms with Crippen molar-refractivity contribution in [2.75, 3.05) is 49.5 Å². The number of anilines is 2. The first kappa shape index (κ1) is 20.8. The number of benzene rings is 1. The molecule has 8 nitrogen and oxygen atoms in total. The van der Waals surface area contributed by atoms with Crippen LogP contribution in [0.3, 0.4) is 0 Å². The van der Waals surface area contributed by atoms with E-state index in [2.05, 4.69) is 31.4 Å². The first-order valence-corrected chi connectivity index (χ1v) is 11.4. The van der Waals surface area contributed by atoms with Gasteiger partial charge in [-0.1, -0.05) is 15.9 Å². The Labute approximate surface area is 174 Å². The smallest absolute Gasteiger partial charge is 0.246 e. The molecule has 0 unspecified atom stereocenters. The zero-order chi connectivity index (χ0) is 20.1. The van der Waals surface area contributed by atoms with E-state index in [1.807, 2.05) is 30.9 Å². The number of halogens is 1. The van der Waals surface area contributed by atoms with Gasteiger partial charge in [0, 0.05) is 37.2 Å². The lowest BCUT2D eigenvalue weighted by molar-refractivity contribution is 0.327. The highest BCUT2D eigenvalue weighted by molar-refractivity contribution is 9.10. The minimum atomic E-state index is -3.65. The highest BCUT2D eigenvalue weighted by atomic mass is 79.9. The van der Waals surface area contributed by atoms with Gasteiger partial charge >= 0.3 is 0 Å². The molecule has 0 atom stereocenters. The second-order valence-electron chi connectivity index (χ2n) is 6.22. The molecule has 1 saturated heterocycles. The number of ether oxygens (including phenoxy) is 1. The second kappa shape index (κ2) is 9.06. The highest BCUT2D eigenvalue weighted by Gasteiger charge is 2.31. The molecule has 1 N–H and O–H groups in total. The van der Waals surface area contributed by atoms with E-state index in [9.17, 15) is 8.42 Å². The number of sulfonamides is 1. The summed E-state index contributed by atoms with van der Waals surface area (Å²) in [5.41, 5.74) is 0. The SMILES string of the molecule is CCNc1ccc(N2CCN(S(=O)(=O)c3cc(Br)ccc3OCC)CC2)nn1. The van der Waals surface area contributed by atoms with Gasteiger partial charge in [-0.15, -0.1) is 10.2 Å². The third-order valence-electron chi connectivity index (χ3n) is 4.39. The topological polar surface area (TPSA) is 87.7 Å². The van der Waals surface area contributed by atoms with Crippen LogP contribution in [0.5, 0.6) is 5.75 Å². The van der Waals surface area contributed by atoms with Crippen LogP contribution in [0.2, 0.25) is 0 Å². The van der Waals surface area contributed by atoms with Gasteiger partial charge in [-0.05, 0) is 44.2 Å². The standard InChI is InChI=1S/C18H24BrN5O3S/c1-3-20-17-7-8-18(22-21-17)23-9-11-24(12-10-23)28(25,26)16-13-14(19)5-6-15(16)27-4-2/h5-8,13H,3-4,9-12H2,1-2H3,(H,20,21). The Hall–Kier alpha value is -1.91. The Morgan fingerprint density at radius 1 is 1.11 bits per heavy atom. The lowest BCUT2D eigenvalue weighted by Crippen LogP contribution is -2.49. The van der Waals surface area contributed by atoms with Crippen LogP contribution in [0, 0.1) is 0 Å². The van der Waals surface area contributed by atoms with Crippen molar-refractivity contribution in [3.8, 4) is 5.75 Å². The van der Waals surface area contributed by atoms with Crippen molar-refractivity contribution in [2.45, 2.75) is 18.7 Å². The van der Waals surface area contributed by atoms with Crippen molar-refractivity contribution in [3.63, 3.8) is 0 Å². The fraction of sp³-hybridized carbons (Fsp3) is 0.444. The molecule has 0 saturated carbocycles. The van der Waals surface area contributed by atoms with E-state index in [1.165, 1.54) is 4.31 Å². The maximum Gasteiger partial charge on any atom is 0.246 e. The maximum atomic E-state index is 13.2. The fourth-order valence-electron chi connectivity index (χ4n) is 3.02. The van der Waals surface area contributed by atoms with Crippen molar-refractivity contribution in [1.82, 2.24) is 14.5 Å². The van der Waals surface area contributed by atoms with Crippen LogP contribution in [-0.2, 0) is 10.0 Å². The van der Waals surface area contributed by atoms with Crippen molar-refractivity contribution >= 4 is 37.6 Å². The Kier molecular flexibility index (Phi) is 6.73. The first-order chi connectivity index (χ1) is 13.5. The van der Waals surface area contributed by atoms with Crippen LogP contribution >= 0.6 is 15.9 Å². The van der Waals surface area contributed by atoms with E-state index in [-0.39, 0.29) is 4.90 Å². The normalized spacial score (nSPS) is 15.5. The van der Waals surface area contributed by atoms with Gasteiger partial charge in [0.15, 0.2) is 5.82 Å². The predicted molar refractivity (Wildman–Crippen MR) is 112 cm³/mol. The van der Waals surface area contributed by atoms with Crippen LogP contribution in [0.4, 0.5) is 11.6 Å². The van der Waals surface area contributed by atoms with Gasteiger partial charge in [0.2, 0.25) is 10.0 Å². The zero-order valence-corrected chi connectivity index (χ0v) is 18.3. The van der Waals surface area contributed by atoms with E-state index in [0.717, 1.165) is 18.2 Å². The summed E-state index contributed by atoms with van der Waals surface area (Å²) in [6.07, 6.45) is 0. The van der Waals surface area contributed by atoms with Gasteiger partial charge in [0.25, 0.3) is 0 Å². The number of piperazine rings is 1. The van der Waals surface area contributed by atoms with Gasteiger partial charge < -0.3 is 15.0 Å². The van der Waals surface area contributed by atoms with E-state index < -0.39 is 10.0 Å². The summed E-state index contributed by atoms with van der Waals surface area (Å²) < 4.78 is 34.1. The number of nitrogens with zero attached hydrogens (tertiary/aromatic N) is 4. The quantitative estimate of drug-likeness (QED) is 0.666. The highest BCUT2D eigenvalue weighted by Crippen LogP contribution is 2.31. The van der Waals surface area contributed by atoms with Crippen LogP contribution in [-0.4, -0.2) is 62.3 Å². The molecule has 1 aromatic heterocycles. The summed E-state index contributed by atoms with van der Waals surface area (Å²) in [5.74, 6) is 1.85. The molecule has 10 heteroatoms. The molecule has 2 aromatic rings. The lowest BCUT2D eigenvalue weighted by Gasteiger charge is -2.34. The van der Waals surface area contributed by atoms with E-state index in [1.54, 1.807) is 18.2 Å². The van der Waals surface area contributed by atoms with Crippen LogP contribution in [0.1, 0.15) is 13.8 Å². The summed E-state index contributed by atoms with van der Waals surface area (Å²) in [7, 11) is -3.65. The zero-order valence-electron chi connectivity index (χ0n) is 15.9. The molecule has 0 radical (unpaired) electrons. The predicted octanol–water partition coefficient (Wildman–Crippen LogP) is 2.58. The Morgan fingerprint density at radius 3 is 2.46 bits per heavy atom. The molecule has 1 fully saturated rings. The molecule has 0 spiro atoms. The van der Waals surface area contributed by atoms with Gasteiger partial charge in [-0.2, -0.15) is 4.31 Å². The van der Waals surface area contributed by atoms with E-state index in [4.69, 9.17) is 4.74 Å². The fourth-order valence-corrected chi connectivity index (χ4v) is 5.12. The largest absolute Gasteiger partial charge is 0.492 e. The molecular weight excluding hydrogens is 446 g/mol. The Balaban J connectivity index is 1.72. The molecule has 1 aliphatic rings. The number of aromatic nitrogens is 2. The molecule has 1 aliphatic heterocycles. The molecule has 0 amide bonds. The number of hydrogen-bond donors (Lipinski definition) is 1. The molecule has 2 heterocycles. The van der Waals surface area contributed by atoms with Gasteiger partial charge in [-0.25, -0.2) is 8.42 Å². The molecule has 0 aliphatic carbocycles. The molecule has 0 bridgehead atoms. The van der Waals surface area contributed by atoms with Gasteiger partial charge in [-0.3, -0.25) is 0 Å². The number of hydrogen-bond acceptors (Lipinski definition) is 7. The Morgan fingerprint density at radius 2 is 1.86 bits per heavy atom. The van der Waals surface area contributed by atoms with Crippen molar-refractivity contribution in [3.05, 3.63) is 34.8 Å². The summed E-state index contributed by atoms with van der Waals surface area (Å²) in [4.78, 5) is 2.23. The number of nitrogens with one attached hydrogen (secondary N) is 1. The van der Waals surface area contributed by atoms with Gasteiger partial charge in [0.1, 0.15) is 16.5 Å². The van der Waals surface area contributed by atoms with Crippen molar-refractivity contribution in [2.24, 2.45) is 0 Å². The van der Waals surface area contributed by atoms with Crippen LogP contribution < -0.4 is 15.0 Å². The van der Waals surface area contributed by atoms with Gasteiger partial charge in [0.05, 0.1) is 6.61 Å². The van der Waals surface area contributed by atoms with Crippen molar-refractivity contribution < 1.29 is 13.2 Å². The molecular formula is C18H24BrN5O3S. The average molecular weight is 470 g/mol. The third kappa shape index (κ3) is 4.56. The molecule has 28 heavy (non-hydrogen) atoms. The number of rotatable bonds is 7. The third-order valence-corrected chi connectivity index (χ3v) is 6.81. The summed E-state index contributed by atoms with van der Waals surface area (Å²) in [6.45, 7) is 6.85. The first-order valence-electron chi connectivity index (χ1n) is 9.20. The monoisotopic (exact) mass is 469 g/mol. The lowest BCUT2D eigenvalue weighted by atomic mass is 10.3. The summed E-state index contributed by atoms with van der Waals surface area (Å²) in [6, 6.07) is 8.83. The average Bonchev–Trinajstić information content (AvgIpc) is 2.70. The molecule has 3 rings (SSSR count). The summed E-state index contributed by atoms with van der Waals surface area (Å²) in [5, 5.41) is 11.5. The maximum absolute atomic E-state index is 13.2. The second-order valence-corrected chi connectivity index (χ2v) is 9.04. The summed E-state index contributed by atoms with van der Waals surface area (Å²) >= 11 is 3.35. The van der Waals surface area contributed by atoms with E-state index in [0.29, 0.717) is 43.0 Å². The minimum absolute atomic E-state index is 0.187. The van der Waals surface area contributed by atoms with Crippen molar-refractivity contribution in [1.29, 1.82) is 0 Å². The molecule has 152 valence electrons. The van der Waals surface area contributed by atoms with Crippen LogP contribution in [0.15, 0.2) is 39.7 Å². The molecule has 1 aromatic carbocycles. The van der Waals surface area contributed by atoms with E-state index >= 15 is 0 Å². The minimum Gasteiger partial charge on any atom is -0.492 e. The van der Waals surface area contributed by atoms with Crippen LogP contribution in [0.25, 0.3) is 0 Å². The Bertz CT molecular complexity index is 900.